The summed E-state index contributed by atoms with van der Waals surface area (Å²) in [5.41, 5.74) is 15.9. The van der Waals surface area contributed by atoms with Gasteiger partial charge in [0.25, 0.3) is 60.7 Å². The number of hydrogen-bond acceptors (Lipinski definition) is 24. The summed E-state index contributed by atoms with van der Waals surface area (Å²) in [6.45, 7) is -0.0145. The highest BCUT2D eigenvalue weighted by Crippen LogP contribution is 2.14. The van der Waals surface area contributed by atoms with Gasteiger partial charge >= 0.3 is 0 Å². The molecule has 14 N–H and O–H groups in total. The van der Waals surface area contributed by atoms with Crippen LogP contribution in [-0.4, -0.2) is 227 Å². The van der Waals surface area contributed by atoms with E-state index in [0.29, 0.717) is 62.1 Å². The Morgan fingerprint density at radius 1 is 0.437 bits per heavy atom. The molecule has 0 saturated carbocycles. The van der Waals surface area contributed by atoms with Gasteiger partial charge in [-0.05, 0) is 117 Å². The van der Waals surface area contributed by atoms with Crippen LogP contribution >= 0.6 is 70.6 Å². The smallest absolute Gasteiger partial charge is 0.286 e. The molecule has 0 aliphatic rings. The van der Waals surface area contributed by atoms with Gasteiger partial charge in [-0.2, -0.15) is 121 Å². The summed E-state index contributed by atoms with van der Waals surface area (Å²) in [7, 11) is -23.8. The van der Waals surface area contributed by atoms with Gasteiger partial charge in [0.1, 0.15) is 6.29 Å². The molecular weight excluding hydrogens is 1190 g/mol. The molecule has 0 fully saturated rings. The van der Waals surface area contributed by atoms with Crippen LogP contribution in [0.5, 0.6) is 0 Å². The zero-order valence-corrected chi connectivity index (χ0v) is 50.2. The van der Waals surface area contributed by atoms with Crippen LogP contribution in [0.1, 0.15) is 51.4 Å². The SMILES string of the molecule is CSCCC(CCC=O)S(=O)(=O)O.CSCCC(CN)S(=O)(=O)O.CSCCC(CS(=O)(=O)O)NC=O.CSCCC(N)CS(=O)(=O)O.CSCCC(N)CS(=O)(=O)O.CSCCC(NC=O)S(=O)(=O)O. The van der Waals surface area contributed by atoms with Crippen molar-refractivity contribution in [2.24, 2.45) is 17.2 Å². The number of carbonyl (C=O) groups excluding carboxylic acids is 3. The van der Waals surface area contributed by atoms with E-state index in [1.807, 2.05) is 42.9 Å². The lowest BCUT2D eigenvalue weighted by Gasteiger charge is -2.12. The van der Waals surface area contributed by atoms with Crippen LogP contribution in [-0.2, 0) is 75.1 Å². The van der Waals surface area contributed by atoms with E-state index in [0.717, 1.165) is 17.3 Å². The zero-order valence-electron chi connectivity index (χ0n) is 40.4. The Labute approximate surface area is 448 Å². The van der Waals surface area contributed by atoms with Gasteiger partial charge in [0.05, 0.1) is 27.8 Å². The Bertz CT molecular complexity index is 1970. The standard InChI is InChI=1S/C7H14O4S2.C6H13NO4S2.C5H11NO4S2.3C5H13NO3S2/c1-12-6-4-7(3-2-5-8)13(9,10)11;1-12-3-2-6(7-5-8)4-13(9,10)11;1-11-3-2-5(6-4-7)12(8,9)10;2*1-10-3-2-5(6)4-11(7,8)9;1-10-3-2-5(4-6)11(7,8)9/h5,7H,2-4,6H2,1H3,(H,9,10,11);5-6H,2-4H2,1H3,(H,7,8)(H,9,10,11);4-5H,2-3H2,1H3,(H,6,7)(H,8,9,10);3*5H,2-4,6H2,1H3,(H,7,8,9). The van der Waals surface area contributed by atoms with Gasteiger partial charge in [0.2, 0.25) is 12.8 Å². The van der Waals surface area contributed by atoms with Crippen molar-refractivity contribution >= 4 is 150 Å². The number of amides is 2. The van der Waals surface area contributed by atoms with E-state index in [1.165, 1.54) is 35.3 Å². The minimum Gasteiger partial charge on any atom is -0.355 e. The summed E-state index contributed by atoms with van der Waals surface area (Å²) in [5.74, 6) is 3.19. The third kappa shape index (κ3) is 68.0. The highest BCUT2D eigenvalue weighted by atomic mass is 32.2. The van der Waals surface area contributed by atoms with Crippen molar-refractivity contribution < 1.29 is 92.2 Å². The van der Waals surface area contributed by atoms with Crippen molar-refractivity contribution in [3.8, 4) is 0 Å². The topological polar surface area (TPSA) is 480 Å². The van der Waals surface area contributed by atoms with Gasteiger partial charge in [0, 0.05) is 31.1 Å². The molecule has 0 aliphatic heterocycles. The van der Waals surface area contributed by atoms with Crippen molar-refractivity contribution in [1.29, 1.82) is 0 Å². The van der Waals surface area contributed by atoms with Crippen molar-refractivity contribution in [2.75, 3.05) is 95.9 Å². The number of carbonyl (C=O) groups is 3. The molecule has 0 spiro atoms. The maximum Gasteiger partial charge on any atom is 0.286 e. The number of thioether (sulfide) groups is 6. The molecule has 0 bridgehead atoms. The zero-order chi connectivity index (χ0) is 57.0. The number of hydrogen-bond donors (Lipinski definition) is 11. The lowest BCUT2D eigenvalue weighted by atomic mass is 10.2. The van der Waals surface area contributed by atoms with Crippen LogP contribution < -0.4 is 27.8 Å². The van der Waals surface area contributed by atoms with Crippen LogP contribution in [0.25, 0.3) is 0 Å². The lowest BCUT2D eigenvalue weighted by Crippen LogP contribution is -2.35. The van der Waals surface area contributed by atoms with Crippen LogP contribution in [0.3, 0.4) is 0 Å². The van der Waals surface area contributed by atoms with Crippen LogP contribution in [0.2, 0.25) is 0 Å². The second-order valence-corrected chi connectivity index (χ2v) is 29.4. The summed E-state index contributed by atoms with van der Waals surface area (Å²) in [6.07, 6.45) is 15.8. The van der Waals surface area contributed by atoms with Gasteiger partial charge in [-0.1, -0.05) is 0 Å². The molecule has 6 atom stereocenters. The minimum absolute atomic E-state index is 0.0145. The van der Waals surface area contributed by atoms with E-state index < -0.39 is 100 Å². The van der Waals surface area contributed by atoms with Crippen LogP contribution in [0.15, 0.2) is 0 Å². The maximum atomic E-state index is 10.8. The lowest BCUT2D eigenvalue weighted by molar-refractivity contribution is -0.110. The normalized spacial score (nSPS) is 14.3. The molecule has 38 heteroatoms. The Morgan fingerprint density at radius 3 is 1.04 bits per heavy atom. The Kier molecular flexibility index (Phi) is 56.2. The first-order valence-electron chi connectivity index (χ1n) is 20.2. The average molecular weight is 1260 g/mol. The number of nitrogens with one attached hydrogen (secondary N) is 2. The van der Waals surface area contributed by atoms with E-state index in [1.54, 1.807) is 35.3 Å². The summed E-state index contributed by atoms with van der Waals surface area (Å²) in [4.78, 5) is 30.0. The molecule has 0 radical (unpaired) electrons. The molecule has 26 nitrogen and oxygen atoms in total. The van der Waals surface area contributed by atoms with Gasteiger partial charge in [-0.25, -0.2) is 0 Å². The predicted octanol–water partition coefficient (Wildman–Crippen LogP) is 0.280. The Hall–Kier alpha value is 0.0500. The molecule has 0 saturated heterocycles. The van der Waals surface area contributed by atoms with Crippen LogP contribution in [0, 0.1) is 0 Å². The quantitative estimate of drug-likeness (QED) is 0.0300. The van der Waals surface area contributed by atoms with Gasteiger partial charge in [0.15, 0.2) is 5.37 Å². The third-order valence-corrected chi connectivity index (χ3v) is 17.9. The molecule has 0 rings (SSSR count). The van der Waals surface area contributed by atoms with Crippen LogP contribution in [0.4, 0.5) is 0 Å². The fourth-order valence-electron chi connectivity index (χ4n) is 4.27. The number of rotatable bonds is 35. The molecule has 2 amide bonds. The molecule has 6 unspecified atom stereocenters. The van der Waals surface area contributed by atoms with Crippen molar-refractivity contribution in [2.45, 2.75) is 85.4 Å². The monoisotopic (exact) mass is 1260 g/mol. The van der Waals surface area contributed by atoms with Gasteiger partial charge < -0.3 is 32.6 Å². The van der Waals surface area contributed by atoms with E-state index in [2.05, 4.69) is 5.32 Å². The molecule has 432 valence electrons. The maximum absolute atomic E-state index is 10.8. The molecular formula is C33H77N5O21S12. The van der Waals surface area contributed by atoms with Crippen molar-refractivity contribution in [3.05, 3.63) is 0 Å². The number of nitrogens with two attached hydrogens (primary N) is 3. The van der Waals surface area contributed by atoms with Crippen molar-refractivity contribution in [1.82, 2.24) is 10.6 Å². The first-order chi connectivity index (χ1) is 32.5. The third-order valence-electron chi connectivity index (χ3n) is 7.82. The summed E-state index contributed by atoms with van der Waals surface area (Å²) < 4.78 is 177. The first-order valence-corrected chi connectivity index (χ1v) is 37.9. The molecule has 0 aromatic carbocycles. The minimum atomic E-state index is -4.15. The van der Waals surface area contributed by atoms with Gasteiger partial charge in [-0.15, -0.1) is 0 Å². The average Bonchev–Trinajstić information content (AvgIpc) is 3.21. The van der Waals surface area contributed by atoms with Gasteiger partial charge in [-0.3, -0.25) is 36.9 Å². The van der Waals surface area contributed by atoms with E-state index >= 15 is 0 Å². The van der Waals surface area contributed by atoms with Crippen molar-refractivity contribution in [3.63, 3.8) is 0 Å². The highest BCUT2D eigenvalue weighted by molar-refractivity contribution is 7.99. The summed E-state index contributed by atoms with van der Waals surface area (Å²) in [6, 6.07) is -1.39. The van der Waals surface area contributed by atoms with E-state index in [9.17, 15) is 64.9 Å². The summed E-state index contributed by atoms with van der Waals surface area (Å²) in [5, 5.41) is 1.60. The second kappa shape index (κ2) is 48.4. The predicted molar refractivity (Wildman–Crippen MR) is 296 cm³/mol. The largest absolute Gasteiger partial charge is 0.355 e. The second-order valence-electron chi connectivity index (χ2n) is 14.0. The first kappa shape index (κ1) is 82.4. The molecule has 71 heavy (non-hydrogen) atoms. The van der Waals surface area contributed by atoms with E-state index in [-0.39, 0.29) is 43.7 Å². The fourth-order valence-corrected chi connectivity index (χ4v) is 12.2. The molecule has 0 aromatic rings. The van der Waals surface area contributed by atoms with E-state index in [4.69, 9.17) is 44.5 Å². The molecule has 0 aromatic heterocycles. The Morgan fingerprint density at radius 2 is 0.761 bits per heavy atom. The molecule has 0 aliphatic carbocycles. The Balaban J connectivity index is -0.000000179. The fraction of sp³-hybridized carbons (Fsp3) is 0.909. The number of aldehydes is 1. The highest BCUT2D eigenvalue weighted by Gasteiger charge is 2.23. The summed E-state index contributed by atoms with van der Waals surface area (Å²) >= 11 is 9.23. The molecule has 0 heterocycles.